The van der Waals surface area contributed by atoms with Gasteiger partial charge in [0.05, 0.1) is 31.7 Å². The molecule has 1 aliphatic rings. The smallest absolute Gasteiger partial charge is 0.246 e. The first kappa shape index (κ1) is 18.4. The maximum Gasteiger partial charge on any atom is 0.246 e. The molecule has 26 heavy (non-hydrogen) atoms. The van der Waals surface area contributed by atoms with Crippen LogP contribution in [0.25, 0.3) is 5.69 Å². The lowest BCUT2D eigenvalue weighted by molar-refractivity contribution is -0.128. The van der Waals surface area contributed by atoms with E-state index in [4.69, 9.17) is 14.2 Å². The molecule has 2 aromatic rings. The van der Waals surface area contributed by atoms with E-state index in [2.05, 4.69) is 10.4 Å². The summed E-state index contributed by atoms with van der Waals surface area (Å²) < 4.78 is 18.0. The number of aromatic nitrogens is 2. The predicted octanol–water partition coefficient (Wildman–Crippen LogP) is 2.08. The van der Waals surface area contributed by atoms with Gasteiger partial charge in [0.25, 0.3) is 0 Å². The number of hydrogen-bond acceptors (Lipinski definition) is 5. The molecule has 1 aromatic carbocycles. The number of nitrogens with zero attached hydrogens (tertiary/aromatic N) is 2. The summed E-state index contributed by atoms with van der Waals surface area (Å²) in [7, 11) is 1.63. The Morgan fingerprint density at radius 3 is 3.15 bits per heavy atom. The van der Waals surface area contributed by atoms with E-state index in [-0.39, 0.29) is 18.6 Å². The third-order valence-corrected chi connectivity index (χ3v) is 4.25. The number of hydrogen-bond donors (Lipinski definition) is 1. The first-order valence-electron chi connectivity index (χ1n) is 8.88. The molecule has 1 aliphatic heterocycles. The second kappa shape index (κ2) is 9.35. The van der Waals surface area contributed by atoms with E-state index in [9.17, 15) is 4.79 Å². The summed E-state index contributed by atoms with van der Waals surface area (Å²) in [5.74, 6) is 0.627. The summed E-state index contributed by atoms with van der Waals surface area (Å²) in [6.45, 7) is 1.72. The van der Waals surface area contributed by atoms with E-state index in [0.717, 1.165) is 42.9 Å². The highest BCUT2D eigenvalue weighted by Crippen LogP contribution is 2.16. The molecule has 0 saturated carbocycles. The zero-order valence-electron chi connectivity index (χ0n) is 15.0. The molecule has 2 heterocycles. The minimum Gasteiger partial charge on any atom is -0.497 e. The first-order chi connectivity index (χ1) is 12.7. The molecule has 1 unspecified atom stereocenters. The first-order valence-corrected chi connectivity index (χ1v) is 8.88. The number of rotatable bonds is 8. The minimum absolute atomic E-state index is 0.0455. The highest BCUT2D eigenvalue weighted by molar-refractivity contribution is 5.77. The normalized spacial score (nSPS) is 17.0. The summed E-state index contributed by atoms with van der Waals surface area (Å²) in [6, 6.07) is 7.63. The fourth-order valence-electron chi connectivity index (χ4n) is 2.82. The van der Waals surface area contributed by atoms with Gasteiger partial charge in [0.1, 0.15) is 12.4 Å². The lowest BCUT2D eigenvalue weighted by atomic mass is 10.1. The lowest BCUT2D eigenvalue weighted by Gasteiger charge is -2.22. The molecule has 1 aromatic heterocycles. The van der Waals surface area contributed by atoms with Crippen molar-refractivity contribution in [3.05, 3.63) is 42.2 Å². The van der Waals surface area contributed by atoms with Crippen LogP contribution in [0.3, 0.4) is 0 Å². The van der Waals surface area contributed by atoms with Gasteiger partial charge < -0.3 is 19.5 Å². The monoisotopic (exact) mass is 359 g/mol. The van der Waals surface area contributed by atoms with Crippen LogP contribution in [0.2, 0.25) is 0 Å². The van der Waals surface area contributed by atoms with Gasteiger partial charge in [0.2, 0.25) is 5.91 Å². The second-order valence-corrected chi connectivity index (χ2v) is 6.28. The van der Waals surface area contributed by atoms with Crippen LogP contribution in [0.4, 0.5) is 0 Å². The van der Waals surface area contributed by atoms with Gasteiger partial charge in [-0.1, -0.05) is 6.07 Å². The molecule has 1 atom stereocenters. The van der Waals surface area contributed by atoms with Crippen LogP contribution in [0, 0.1) is 0 Å². The second-order valence-electron chi connectivity index (χ2n) is 6.28. The average Bonchev–Trinajstić information content (AvgIpc) is 3.16. The van der Waals surface area contributed by atoms with Crippen molar-refractivity contribution in [1.29, 1.82) is 0 Å². The Bertz CT molecular complexity index is 710. The zero-order chi connectivity index (χ0) is 18.2. The van der Waals surface area contributed by atoms with E-state index >= 15 is 0 Å². The van der Waals surface area contributed by atoms with Gasteiger partial charge in [-0.3, -0.25) is 4.79 Å². The number of benzene rings is 1. The fourth-order valence-corrected chi connectivity index (χ4v) is 2.82. The highest BCUT2D eigenvalue weighted by atomic mass is 16.5. The van der Waals surface area contributed by atoms with Gasteiger partial charge in [0, 0.05) is 31.0 Å². The molecular formula is C19H25N3O4. The Morgan fingerprint density at radius 1 is 1.42 bits per heavy atom. The van der Waals surface area contributed by atoms with Crippen LogP contribution in [-0.4, -0.2) is 48.7 Å². The van der Waals surface area contributed by atoms with Crippen LogP contribution in [0.15, 0.2) is 36.7 Å². The molecule has 1 amide bonds. The van der Waals surface area contributed by atoms with E-state index in [1.807, 2.05) is 30.5 Å². The maximum atomic E-state index is 11.9. The van der Waals surface area contributed by atoms with Crippen molar-refractivity contribution in [3.8, 4) is 11.4 Å². The third-order valence-electron chi connectivity index (χ3n) is 4.25. The van der Waals surface area contributed by atoms with Crippen LogP contribution in [0.1, 0.15) is 24.8 Å². The highest BCUT2D eigenvalue weighted by Gasteiger charge is 2.14. The quantitative estimate of drug-likeness (QED) is 0.781. The van der Waals surface area contributed by atoms with Crippen molar-refractivity contribution >= 4 is 5.91 Å². The number of amides is 1. The van der Waals surface area contributed by atoms with E-state index in [1.54, 1.807) is 18.0 Å². The standard InChI is InChI=1S/C19H25N3O4/c1-24-17-7-4-5-16(9-17)22-12-15(11-21-22)10-20-19(23)14-25-13-18-6-2-3-8-26-18/h4-5,7,9,11-12,18H,2-3,6,8,10,13-14H2,1H3,(H,20,23). The molecule has 7 nitrogen and oxygen atoms in total. The number of methoxy groups -OCH3 is 1. The summed E-state index contributed by atoms with van der Waals surface area (Å²) in [6.07, 6.45) is 7.02. The number of carbonyl (C=O) groups excluding carboxylic acids is 1. The summed E-state index contributed by atoms with van der Waals surface area (Å²) in [5, 5.41) is 7.17. The molecule has 1 N–H and O–H groups in total. The fraction of sp³-hybridized carbons (Fsp3) is 0.474. The third kappa shape index (κ3) is 5.31. The van der Waals surface area contributed by atoms with Crippen molar-refractivity contribution in [1.82, 2.24) is 15.1 Å². The molecule has 3 rings (SSSR count). The molecule has 0 aliphatic carbocycles. The number of nitrogens with one attached hydrogen (secondary N) is 1. The van der Waals surface area contributed by atoms with Crippen molar-refractivity contribution in [2.24, 2.45) is 0 Å². The minimum atomic E-state index is -0.144. The Morgan fingerprint density at radius 2 is 2.35 bits per heavy atom. The van der Waals surface area contributed by atoms with Crippen LogP contribution in [-0.2, 0) is 20.8 Å². The zero-order valence-corrected chi connectivity index (χ0v) is 15.0. The van der Waals surface area contributed by atoms with Gasteiger partial charge in [-0.2, -0.15) is 5.10 Å². The molecule has 7 heteroatoms. The SMILES string of the molecule is COc1cccc(-n2cc(CNC(=O)COCC3CCCCO3)cn2)c1. The van der Waals surface area contributed by atoms with Crippen LogP contribution < -0.4 is 10.1 Å². The average molecular weight is 359 g/mol. The molecule has 0 bridgehead atoms. The van der Waals surface area contributed by atoms with Crippen molar-refractivity contribution < 1.29 is 19.0 Å². The Balaban J connectivity index is 1.41. The van der Waals surface area contributed by atoms with Gasteiger partial charge >= 0.3 is 0 Å². The largest absolute Gasteiger partial charge is 0.497 e. The van der Waals surface area contributed by atoms with Crippen LogP contribution in [0.5, 0.6) is 5.75 Å². The van der Waals surface area contributed by atoms with Gasteiger partial charge in [0.15, 0.2) is 0 Å². The Kier molecular flexibility index (Phi) is 6.62. The van der Waals surface area contributed by atoms with E-state index in [0.29, 0.717) is 13.2 Å². The van der Waals surface area contributed by atoms with Crippen molar-refractivity contribution in [2.45, 2.75) is 31.9 Å². The molecule has 0 spiro atoms. The Labute approximate surface area is 153 Å². The van der Waals surface area contributed by atoms with Crippen molar-refractivity contribution in [3.63, 3.8) is 0 Å². The number of ether oxygens (including phenoxy) is 3. The van der Waals surface area contributed by atoms with Gasteiger partial charge in [-0.15, -0.1) is 0 Å². The maximum absolute atomic E-state index is 11.9. The summed E-state index contributed by atoms with van der Waals surface area (Å²) in [4.78, 5) is 11.9. The molecule has 1 fully saturated rings. The number of carbonyl (C=O) groups is 1. The summed E-state index contributed by atoms with van der Waals surface area (Å²) >= 11 is 0. The van der Waals surface area contributed by atoms with Crippen LogP contribution >= 0.6 is 0 Å². The van der Waals surface area contributed by atoms with Crippen molar-refractivity contribution in [2.75, 3.05) is 26.9 Å². The van der Waals surface area contributed by atoms with Gasteiger partial charge in [-0.25, -0.2) is 4.68 Å². The topological polar surface area (TPSA) is 74.6 Å². The summed E-state index contributed by atoms with van der Waals surface area (Å²) in [5.41, 5.74) is 1.81. The molecule has 140 valence electrons. The predicted molar refractivity (Wildman–Crippen MR) is 96.4 cm³/mol. The lowest BCUT2D eigenvalue weighted by Crippen LogP contribution is -2.30. The van der Waals surface area contributed by atoms with Gasteiger partial charge in [-0.05, 0) is 31.4 Å². The molecular weight excluding hydrogens is 334 g/mol. The Hall–Kier alpha value is -2.38. The molecule has 1 saturated heterocycles. The molecule has 0 radical (unpaired) electrons. The van der Waals surface area contributed by atoms with E-state index < -0.39 is 0 Å². The van der Waals surface area contributed by atoms with E-state index in [1.165, 1.54) is 0 Å².